The molecule has 0 saturated carbocycles. The van der Waals surface area contributed by atoms with Crippen LogP contribution in [-0.2, 0) is 12.8 Å². The van der Waals surface area contributed by atoms with Gasteiger partial charge in [-0.1, -0.05) is 74.9 Å². The molecule has 1 unspecified atom stereocenters. The lowest BCUT2D eigenvalue weighted by atomic mass is 9.90. The highest BCUT2D eigenvalue weighted by molar-refractivity contribution is 5.30. The van der Waals surface area contributed by atoms with Crippen LogP contribution in [0.2, 0.25) is 0 Å². The summed E-state index contributed by atoms with van der Waals surface area (Å²) < 4.78 is 0. The normalized spacial score (nSPS) is 12.3. The van der Waals surface area contributed by atoms with Crippen LogP contribution in [0.4, 0.5) is 0 Å². The maximum atomic E-state index is 2.32. The van der Waals surface area contributed by atoms with Gasteiger partial charge in [-0.25, -0.2) is 0 Å². The van der Waals surface area contributed by atoms with Crippen molar-refractivity contribution in [3.8, 4) is 0 Å². The minimum Gasteiger partial charge on any atom is -0.0651 e. The Balaban J connectivity index is 2.14. The number of benzene rings is 2. The zero-order valence-electron chi connectivity index (χ0n) is 11.4. The fraction of sp³-hybridized carbons (Fsp3) is 0.333. The lowest BCUT2D eigenvalue weighted by molar-refractivity contribution is 0.746. The second kappa shape index (κ2) is 6.39. The van der Waals surface area contributed by atoms with Crippen molar-refractivity contribution in [3.63, 3.8) is 0 Å². The molecule has 0 heterocycles. The lowest BCUT2D eigenvalue weighted by Gasteiger charge is -2.15. The van der Waals surface area contributed by atoms with Gasteiger partial charge >= 0.3 is 0 Å². The molecule has 0 nitrogen and oxygen atoms in total. The largest absolute Gasteiger partial charge is 0.0651 e. The second-order valence-corrected chi connectivity index (χ2v) is 5.03. The molecule has 2 rings (SSSR count). The number of hydrogen-bond donors (Lipinski definition) is 0. The van der Waals surface area contributed by atoms with Gasteiger partial charge < -0.3 is 0 Å². The minimum atomic E-state index is 0.587. The minimum absolute atomic E-state index is 0.587. The van der Waals surface area contributed by atoms with Crippen molar-refractivity contribution in [2.24, 2.45) is 0 Å². The van der Waals surface area contributed by atoms with Crippen LogP contribution in [0, 0.1) is 0 Å². The Morgan fingerprint density at radius 3 is 2.11 bits per heavy atom. The molecule has 0 aliphatic carbocycles. The molecular formula is C18H22. The van der Waals surface area contributed by atoms with E-state index in [1.54, 1.807) is 0 Å². The Bertz CT molecular complexity index is 470. The van der Waals surface area contributed by atoms with E-state index in [4.69, 9.17) is 0 Å². The summed E-state index contributed by atoms with van der Waals surface area (Å²) in [5.74, 6) is 0.587. The second-order valence-electron chi connectivity index (χ2n) is 5.03. The summed E-state index contributed by atoms with van der Waals surface area (Å²) in [4.78, 5) is 0. The fourth-order valence-electron chi connectivity index (χ4n) is 2.50. The SMILES string of the molecule is CCCc1ccccc1CC(C)c1ccccc1. The molecule has 0 spiro atoms. The van der Waals surface area contributed by atoms with Gasteiger partial charge in [-0.3, -0.25) is 0 Å². The van der Waals surface area contributed by atoms with Crippen molar-refractivity contribution in [1.29, 1.82) is 0 Å². The van der Waals surface area contributed by atoms with E-state index in [1.165, 1.54) is 29.5 Å². The van der Waals surface area contributed by atoms with Gasteiger partial charge in [0.05, 0.1) is 0 Å². The van der Waals surface area contributed by atoms with E-state index in [9.17, 15) is 0 Å². The van der Waals surface area contributed by atoms with Crippen LogP contribution < -0.4 is 0 Å². The molecule has 0 radical (unpaired) electrons. The third-order valence-electron chi connectivity index (χ3n) is 3.53. The van der Waals surface area contributed by atoms with Crippen molar-refractivity contribution >= 4 is 0 Å². The van der Waals surface area contributed by atoms with E-state index in [1.807, 2.05) is 0 Å². The molecule has 18 heavy (non-hydrogen) atoms. The van der Waals surface area contributed by atoms with Crippen LogP contribution in [0.3, 0.4) is 0 Å². The highest BCUT2D eigenvalue weighted by Gasteiger charge is 2.08. The van der Waals surface area contributed by atoms with Gasteiger partial charge in [0, 0.05) is 0 Å². The van der Waals surface area contributed by atoms with E-state index < -0.39 is 0 Å². The summed E-state index contributed by atoms with van der Waals surface area (Å²) in [5.41, 5.74) is 4.46. The average molecular weight is 238 g/mol. The highest BCUT2D eigenvalue weighted by atomic mass is 14.1. The summed E-state index contributed by atoms with van der Waals surface area (Å²) in [7, 11) is 0. The summed E-state index contributed by atoms with van der Waals surface area (Å²) in [5, 5.41) is 0. The van der Waals surface area contributed by atoms with E-state index in [-0.39, 0.29) is 0 Å². The lowest BCUT2D eigenvalue weighted by Crippen LogP contribution is -2.01. The third-order valence-corrected chi connectivity index (χ3v) is 3.53. The Kier molecular flexibility index (Phi) is 4.58. The topological polar surface area (TPSA) is 0 Å². The van der Waals surface area contributed by atoms with E-state index in [0.29, 0.717) is 5.92 Å². The zero-order chi connectivity index (χ0) is 12.8. The van der Waals surface area contributed by atoms with Crippen LogP contribution in [0.25, 0.3) is 0 Å². The maximum Gasteiger partial charge on any atom is -0.0150 e. The smallest absolute Gasteiger partial charge is 0.0150 e. The molecule has 0 heteroatoms. The maximum absolute atomic E-state index is 2.32. The van der Waals surface area contributed by atoms with Crippen LogP contribution in [-0.4, -0.2) is 0 Å². The summed E-state index contributed by atoms with van der Waals surface area (Å²) in [6.45, 7) is 4.56. The standard InChI is InChI=1S/C18H22/c1-3-9-17-12-7-8-13-18(17)14-15(2)16-10-5-4-6-11-16/h4-8,10-13,15H,3,9,14H2,1-2H3. The third kappa shape index (κ3) is 3.22. The first-order valence-corrected chi connectivity index (χ1v) is 6.93. The molecule has 2 aromatic carbocycles. The number of rotatable bonds is 5. The quantitative estimate of drug-likeness (QED) is 0.688. The van der Waals surface area contributed by atoms with Gasteiger partial charge in [-0.2, -0.15) is 0 Å². The number of aryl methyl sites for hydroxylation is 1. The Labute approximate surface area is 111 Å². The van der Waals surface area contributed by atoms with Crippen LogP contribution in [0.1, 0.15) is 42.9 Å². The molecule has 0 amide bonds. The zero-order valence-corrected chi connectivity index (χ0v) is 11.4. The summed E-state index contributed by atoms with van der Waals surface area (Å²) >= 11 is 0. The van der Waals surface area contributed by atoms with Gasteiger partial charge in [0.2, 0.25) is 0 Å². The summed E-state index contributed by atoms with van der Waals surface area (Å²) in [6.07, 6.45) is 3.55. The first-order valence-electron chi connectivity index (χ1n) is 6.93. The Hall–Kier alpha value is -1.56. The predicted molar refractivity (Wildman–Crippen MR) is 79.0 cm³/mol. The molecule has 0 N–H and O–H groups in total. The predicted octanol–water partition coefficient (Wildman–Crippen LogP) is 4.99. The molecule has 0 saturated heterocycles. The molecule has 0 aromatic heterocycles. The Morgan fingerprint density at radius 1 is 0.833 bits per heavy atom. The molecule has 0 fully saturated rings. The first kappa shape index (κ1) is 12.9. The van der Waals surface area contributed by atoms with Gasteiger partial charge in [0.25, 0.3) is 0 Å². The van der Waals surface area contributed by atoms with Crippen molar-refractivity contribution in [3.05, 3.63) is 71.3 Å². The molecule has 1 atom stereocenters. The highest BCUT2D eigenvalue weighted by Crippen LogP contribution is 2.22. The Morgan fingerprint density at radius 2 is 1.44 bits per heavy atom. The summed E-state index contributed by atoms with van der Waals surface area (Å²) in [6, 6.07) is 19.7. The first-order chi connectivity index (χ1) is 8.81. The van der Waals surface area contributed by atoms with Crippen LogP contribution in [0.5, 0.6) is 0 Å². The molecule has 0 bridgehead atoms. The molecular weight excluding hydrogens is 216 g/mol. The van der Waals surface area contributed by atoms with Crippen molar-refractivity contribution in [2.45, 2.75) is 39.0 Å². The molecule has 0 aliphatic rings. The monoisotopic (exact) mass is 238 g/mol. The van der Waals surface area contributed by atoms with E-state index in [0.717, 1.165) is 6.42 Å². The van der Waals surface area contributed by atoms with Crippen molar-refractivity contribution in [1.82, 2.24) is 0 Å². The van der Waals surface area contributed by atoms with Crippen LogP contribution >= 0.6 is 0 Å². The fourth-order valence-corrected chi connectivity index (χ4v) is 2.50. The van der Waals surface area contributed by atoms with Gasteiger partial charge in [0.1, 0.15) is 0 Å². The van der Waals surface area contributed by atoms with Gasteiger partial charge in [-0.15, -0.1) is 0 Å². The van der Waals surface area contributed by atoms with Crippen molar-refractivity contribution < 1.29 is 0 Å². The van der Waals surface area contributed by atoms with E-state index in [2.05, 4.69) is 68.4 Å². The number of hydrogen-bond acceptors (Lipinski definition) is 0. The average Bonchev–Trinajstić information content (AvgIpc) is 2.42. The molecule has 94 valence electrons. The molecule has 0 aliphatic heterocycles. The van der Waals surface area contributed by atoms with E-state index >= 15 is 0 Å². The molecule has 2 aromatic rings. The van der Waals surface area contributed by atoms with Gasteiger partial charge in [0.15, 0.2) is 0 Å². The van der Waals surface area contributed by atoms with Crippen LogP contribution in [0.15, 0.2) is 54.6 Å². The van der Waals surface area contributed by atoms with Gasteiger partial charge in [-0.05, 0) is 35.4 Å². The van der Waals surface area contributed by atoms with Crippen molar-refractivity contribution in [2.75, 3.05) is 0 Å².